The van der Waals surface area contributed by atoms with Crippen molar-refractivity contribution in [3.05, 3.63) is 28.5 Å². The molecule has 0 bridgehead atoms. The molecule has 2 amide bonds. The van der Waals surface area contributed by atoms with E-state index in [1.165, 1.54) is 12.1 Å². The van der Waals surface area contributed by atoms with E-state index in [1.807, 2.05) is 6.92 Å². The molecule has 2 N–H and O–H groups in total. The molecule has 0 saturated carbocycles. The SMILES string of the molecule is CCCN(CC(=O)O)C(=O)Nc1ccc(Br)c(F)c1. The van der Waals surface area contributed by atoms with Gasteiger partial charge in [-0.3, -0.25) is 4.79 Å². The Labute approximate surface area is 118 Å². The fourth-order valence-corrected chi connectivity index (χ4v) is 1.71. The Balaban J connectivity index is 2.74. The lowest BCUT2D eigenvalue weighted by molar-refractivity contribution is -0.137. The number of nitrogens with one attached hydrogen (secondary N) is 1. The summed E-state index contributed by atoms with van der Waals surface area (Å²) < 4.78 is 13.6. The maximum Gasteiger partial charge on any atom is 0.323 e. The minimum absolute atomic E-state index is 0.275. The number of urea groups is 1. The molecule has 0 heterocycles. The predicted octanol–water partition coefficient (Wildman–Crippen LogP) is 2.92. The van der Waals surface area contributed by atoms with Crippen LogP contribution in [0.15, 0.2) is 22.7 Å². The molecule has 0 radical (unpaired) electrons. The summed E-state index contributed by atoms with van der Waals surface area (Å²) in [5.74, 6) is -1.59. The molecule has 19 heavy (non-hydrogen) atoms. The molecule has 0 spiro atoms. The molecular weight excluding hydrogens is 319 g/mol. The van der Waals surface area contributed by atoms with E-state index in [0.717, 1.165) is 11.0 Å². The average Bonchev–Trinajstić information content (AvgIpc) is 2.33. The van der Waals surface area contributed by atoms with E-state index < -0.39 is 24.4 Å². The lowest BCUT2D eigenvalue weighted by Crippen LogP contribution is -2.39. The van der Waals surface area contributed by atoms with Crippen LogP contribution in [0.2, 0.25) is 0 Å². The van der Waals surface area contributed by atoms with Crippen molar-refractivity contribution < 1.29 is 19.1 Å². The smallest absolute Gasteiger partial charge is 0.323 e. The van der Waals surface area contributed by atoms with Crippen LogP contribution in [0.25, 0.3) is 0 Å². The van der Waals surface area contributed by atoms with Crippen molar-refractivity contribution in [2.75, 3.05) is 18.4 Å². The Morgan fingerprint density at radius 2 is 2.16 bits per heavy atom. The second-order valence-corrected chi connectivity index (χ2v) is 4.73. The summed E-state index contributed by atoms with van der Waals surface area (Å²) in [5.41, 5.74) is 0.275. The number of carboxylic acid groups (broad SMARTS) is 1. The Bertz CT molecular complexity index is 482. The third-order valence-electron chi connectivity index (χ3n) is 2.28. The first-order valence-electron chi connectivity index (χ1n) is 5.66. The van der Waals surface area contributed by atoms with Gasteiger partial charge in [0.05, 0.1) is 4.47 Å². The quantitative estimate of drug-likeness (QED) is 0.870. The molecule has 1 aromatic carbocycles. The Morgan fingerprint density at radius 1 is 1.47 bits per heavy atom. The fraction of sp³-hybridized carbons (Fsp3) is 0.333. The Morgan fingerprint density at radius 3 is 2.68 bits per heavy atom. The number of hydrogen-bond acceptors (Lipinski definition) is 2. The van der Waals surface area contributed by atoms with Crippen LogP contribution in [-0.2, 0) is 4.79 Å². The maximum absolute atomic E-state index is 13.3. The van der Waals surface area contributed by atoms with Gasteiger partial charge in [-0.1, -0.05) is 6.92 Å². The van der Waals surface area contributed by atoms with Gasteiger partial charge in [0.25, 0.3) is 0 Å². The van der Waals surface area contributed by atoms with Crippen LogP contribution in [0.3, 0.4) is 0 Å². The number of rotatable bonds is 5. The van der Waals surface area contributed by atoms with Gasteiger partial charge in [-0.2, -0.15) is 0 Å². The van der Waals surface area contributed by atoms with Gasteiger partial charge >= 0.3 is 12.0 Å². The number of aliphatic carboxylic acids is 1. The minimum atomic E-state index is -1.09. The number of hydrogen-bond donors (Lipinski definition) is 2. The highest BCUT2D eigenvalue weighted by Crippen LogP contribution is 2.19. The van der Waals surface area contributed by atoms with Crippen LogP contribution in [0.5, 0.6) is 0 Å². The topological polar surface area (TPSA) is 69.6 Å². The van der Waals surface area contributed by atoms with Crippen LogP contribution >= 0.6 is 15.9 Å². The number of amides is 2. The van der Waals surface area contributed by atoms with Crippen molar-refractivity contribution in [3.63, 3.8) is 0 Å². The summed E-state index contributed by atoms with van der Waals surface area (Å²) in [5, 5.41) is 11.2. The van der Waals surface area contributed by atoms with Crippen LogP contribution in [0, 0.1) is 5.82 Å². The number of benzene rings is 1. The van der Waals surface area contributed by atoms with E-state index in [2.05, 4.69) is 21.2 Å². The van der Waals surface area contributed by atoms with Crippen molar-refractivity contribution in [2.45, 2.75) is 13.3 Å². The third kappa shape index (κ3) is 4.86. The standard InChI is InChI=1S/C12H14BrFN2O3/c1-2-5-16(7-11(17)18)12(19)15-8-3-4-9(13)10(14)6-8/h3-4,6H,2,5,7H2,1H3,(H,15,19)(H,17,18). The Hall–Kier alpha value is -1.63. The first-order valence-corrected chi connectivity index (χ1v) is 6.46. The molecule has 0 fully saturated rings. The molecule has 0 saturated heterocycles. The van der Waals surface area contributed by atoms with Crippen LogP contribution in [0.4, 0.5) is 14.9 Å². The summed E-state index contributed by atoms with van der Waals surface area (Å²) in [7, 11) is 0. The second kappa shape index (κ2) is 7.08. The summed E-state index contributed by atoms with van der Waals surface area (Å²) in [6, 6.07) is 3.58. The highest BCUT2D eigenvalue weighted by atomic mass is 79.9. The zero-order valence-corrected chi connectivity index (χ0v) is 11.9. The van der Waals surface area contributed by atoms with Crippen LogP contribution in [0.1, 0.15) is 13.3 Å². The average molecular weight is 333 g/mol. The number of carboxylic acids is 1. The molecule has 1 rings (SSSR count). The van der Waals surface area contributed by atoms with E-state index >= 15 is 0 Å². The van der Waals surface area contributed by atoms with Gasteiger partial charge in [-0.25, -0.2) is 9.18 Å². The third-order valence-corrected chi connectivity index (χ3v) is 2.92. The van der Waals surface area contributed by atoms with Gasteiger partial charge in [-0.15, -0.1) is 0 Å². The van der Waals surface area contributed by atoms with E-state index in [1.54, 1.807) is 0 Å². The molecule has 0 unspecified atom stereocenters. The van der Waals surface area contributed by atoms with E-state index in [9.17, 15) is 14.0 Å². The first-order chi connectivity index (χ1) is 8.93. The van der Waals surface area contributed by atoms with Crippen molar-refractivity contribution in [1.82, 2.24) is 4.90 Å². The summed E-state index contributed by atoms with van der Waals surface area (Å²) >= 11 is 3.01. The maximum atomic E-state index is 13.3. The van der Waals surface area contributed by atoms with Gasteiger partial charge in [0, 0.05) is 12.2 Å². The van der Waals surface area contributed by atoms with Gasteiger partial charge in [-0.05, 0) is 40.5 Å². The molecule has 0 atom stereocenters. The molecule has 0 aliphatic heterocycles. The lowest BCUT2D eigenvalue weighted by atomic mass is 10.3. The van der Waals surface area contributed by atoms with Gasteiger partial charge < -0.3 is 15.3 Å². The lowest BCUT2D eigenvalue weighted by Gasteiger charge is -2.20. The molecule has 5 nitrogen and oxygen atoms in total. The number of carbonyl (C=O) groups is 2. The zero-order chi connectivity index (χ0) is 14.4. The molecule has 104 valence electrons. The van der Waals surface area contributed by atoms with Crippen LogP contribution in [-0.4, -0.2) is 35.1 Å². The molecule has 7 heteroatoms. The number of halogens is 2. The zero-order valence-electron chi connectivity index (χ0n) is 10.3. The van der Waals surface area contributed by atoms with Crippen molar-refractivity contribution in [1.29, 1.82) is 0 Å². The minimum Gasteiger partial charge on any atom is -0.480 e. The number of anilines is 1. The summed E-state index contributed by atoms with van der Waals surface area (Å²) in [4.78, 5) is 23.7. The van der Waals surface area contributed by atoms with E-state index in [0.29, 0.717) is 17.4 Å². The van der Waals surface area contributed by atoms with Crippen molar-refractivity contribution >= 4 is 33.6 Å². The normalized spacial score (nSPS) is 10.1. The summed E-state index contributed by atoms with van der Waals surface area (Å²) in [6.45, 7) is 1.76. The number of carbonyl (C=O) groups excluding carboxylic acids is 1. The largest absolute Gasteiger partial charge is 0.480 e. The van der Waals surface area contributed by atoms with Crippen LogP contribution < -0.4 is 5.32 Å². The number of nitrogens with zero attached hydrogens (tertiary/aromatic N) is 1. The van der Waals surface area contributed by atoms with Crippen molar-refractivity contribution in [2.24, 2.45) is 0 Å². The predicted molar refractivity (Wildman–Crippen MR) is 72.6 cm³/mol. The highest BCUT2D eigenvalue weighted by Gasteiger charge is 2.16. The van der Waals surface area contributed by atoms with E-state index in [-0.39, 0.29) is 5.69 Å². The van der Waals surface area contributed by atoms with Gasteiger partial charge in [0.15, 0.2) is 0 Å². The molecule has 1 aromatic rings. The second-order valence-electron chi connectivity index (χ2n) is 3.87. The molecule has 0 aliphatic rings. The molecule has 0 aromatic heterocycles. The highest BCUT2D eigenvalue weighted by molar-refractivity contribution is 9.10. The van der Waals surface area contributed by atoms with E-state index in [4.69, 9.17) is 5.11 Å². The monoisotopic (exact) mass is 332 g/mol. The van der Waals surface area contributed by atoms with Crippen molar-refractivity contribution in [3.8, 4) is 0 Å². The fourth-order valence-electron chi connectivity index (χ4n) is 1.46. The summed E-state index contributed by atoms with van der Waals surface area (Å²) in [6.07, 6.45) is 0.634. The van der Waals surface area contributed by atoms with Gasteiger partial charge in [0.2, 0.25) is 0 Å². The molecule has 0 aliphatic carbocycles. The first kappa shape index (κ1) is 15.4. The Kier molecular flexibility index (Phi) is 5.75. The van der Waals surface area contributed by atoms with Gasteiger partial charge in [0.1, 0.15) is 12.4 Å². The molecular formula is C12H14BrFN2O3.